The Kier molecular flexibility index (Phi) is 4.50. The van der Waals surface area contributed by atoms with Crippen LogP contribution in [0.3, 0.4) is 0 Å². The zero-order valence-corrected chi connectivity index (χ0v) is 12.5. The van der Waals surface area contributed by atoms with Gasteiger partial charge in [0.1, 0.15) is 11.2 Å². The van der Waals surface area contributed by atoms with Crippen molar-refractivity contribution in [2.75, 3.05) is 20.7 Å². The van der Waals surface area contributed by atoms with E-state index >= 15 is 0 Å². The number of nitrogens with zero attached hydrogens (tertiary/aromatic N) is 1. The predicted molar refractivity (Wildman–Crippen MR) is 78.3 cm³/mol. The van der Waals surface area contributed by atoms with Gasteiger partial charge in [0.15, 0.2) is 0 Å². The topological polar surface area (TPSA) is 66.8 Å². The summed E-state index contributed by atoms with van der Waals surface area (Å²) in [5.74, 6) is -0.428. The molecule has 5 heteroatoms. The number of carbonyl (C=O) groups excluding carboxylic acids is 1. The molecule has 0 aromatic heterocycles. The van der Waals surface area contributed by atoms with Crippen LogP contribution in [0.15, 0.2) is 24.3 Å². The van der Waals surface area contributed by atoms with Gasteiger partial charge < -0.3 is 14.7 Å². The molecule has 1 amide bonds. The monoisotopic (exact) mass is 291 g/mol. The molecule has 0 heterocycles. The van der Waals surface area contributed by atoms with E-state index in [1.807, 2.05) is 24.3 Å². The number of aliphatic carboxylic acids is 1. The highest BCUT2D eigenvalue weighted by atomic mass is 16.5. The molecular weight excluding hydrogens is 270 g/mol. The fourth-order valence-corrected chi connectivity index (χ4v) is 2.42. The summed E-state index contributed by atoms with van der Waals surface area (Å²) in [5, 5.41) is 9.12. The third-order valence-electron chi connectivity index (χ3n) is 4.03. The van der Waals surface area contributed by atoms with Crippen molar-refractivity contribution in [3.63, 3.8) is 0 Å². The van der Waals surface area contributed by atoms with Gasteiger partial charge in [0, 0.05) is 13.6 Å². The number of hydrogen-bond donors (Lipinski definition) is 1. The van der Waals surface area contributed by atoms with Crippen molar-refractivity contribution >= 4 is 11.9 Å². The molecule has 0 saturated heterocycles. The number of carboxylic acids is 1. The summed E-state index contributed by atoms with van der Waals surface area (Å²) in [6, 6.07) is 7.82. The first-order valence-electron chi connectivity index (χ1n) is 7.11. The first kappa shape index (κ1) is 15.4. The normalized spacial score (nSPS) is 15.3. The molecule has 1 saturated carbocycles. The van der Waals surface area contributed by atoms with E-state index in [-0.39, 0.29) is 5.91 Å². The maximum absolute atomic E-state index is 12.1. The Hall–Kier alpha value is -2.04. The Morgan fingerprint density at radius 3 is 2.38 bits per heavy atom. The van der Waals surface area contributed by atoms with Crippen LogP contribution in [0.4, 0.5) is 0 Å². The molecule has 0 radical (unpaired) electrons. The number of benzene rings is 1. The maximum Gasteiger partial charge on any atom is 0.319 e. The summed E-state index contributed by atoms with van der Waals surface area (Å²) in [5.41, 5.74) is 0.0468. The van der Waals surface area contributed by atoms with Crippen LogP contribution in [0.5, 0.6) is 5.75 Å². The summed E-state index contributed by atoms with van der Waals surface area (Å²) < 4.78 is 5.10. The number of rotatable bonds is 7. The first-order valence-corrected chi connectivity index (χ1v) is 7.11. The fraction of sp³-hybridized carbons (Fsp3) is 0.500. The average Bonchev–Trinajstić information content (AvgIpc) is 3.28. The maximum atomic E-state index is 12.1. The minimum Gasteiger partial charge on any atom is -0.497 e. The highest BCUT2D eigenvalue weighted by molar-refractivity contribution is 6.04. The quantitative estimate of drug-likeness (QED) is 0.780. The van der Waals surface area contributed by atoms with E-state index in [1.165, 1.54) is 5.56 Å². The highest BCUT2D eigenvalue weighted by Crippen LogP contribution is 2.47. The largest absolute Gasteiger partial charge is 0.497 e. The Morgan fingerprint density at radius 1 is 1.29 bits per heavy atom. The summed E-state index contributed by atoms with van der Waals surface area (Å²) in [4.78, 5) is 24.8. The summed E-state index contributed by atoms with van der Waals surface area (Å²) in [6.45, 7) is 0.569. The van der Waals surface area contributed by atoms with Gasteiger partial charge >= 0.3 is 5.97 Å². The lowest BCUT2D eigenvalue weighted by molar-refractivity contribution is -0.152. The van der Waals surface area contributed by atoms with Gasteiger partial charge in [-0.05, 0) is 43.4 Å². The van der Waals surface area contributed by atoms with Gasteiger partial charge in [0.25, 0.3) is 0 Å². The summed E-state index contributed by atoms with van der Waals surface area (Å²) >= 11 is 0. The number of methoxy groups -OCH3 is 1. The van der Waals surface area contributed by atoms with E-state index in [0.29, 0.717) is 19.4 Å². The molecule has 1 aliphatic rings. The number of hydrogen-bond acceptors (Lipinski definition) is 3. The molecule has 0 aliphatic heterocycles. The zero-order chi connectivity index (χ0) is 15.5. The van der Waals surface area contributed by atoms with Crippen LogP contribution in [0.2, 0.25) is 0 Å². The van der Waals surface area contributed by atoms with Crippen molar-refractivity contribution in [1.82, 2.24) is 4.90 Å². The van der Waals surface area contributed by atoms with Gasteiger partial charge in [-0.1, -0.05) is 12.1 Å². The van der Waals surface area contributed by atoms with Gasteiger partial charge in [-0.15, -0.1) is 0 Å². The predicted octanol–water partition coefficient (Wildman–Crippen LogP) is 1.95. The van der Waals surface area contributed by atoms with Gasteiger partial charge in [-0.2, -0.15) is 0 Å². The van der Waals surface area contributed by atoms with Gasteiger partial charge in [-0.25, -0.2) is 0 Å². The molecule has 1 N–H and O–H groups in total. The molecule has 114 valence electrons. The first-order chi connectivity index (χ1) is 9.99. The van der Waals surface area contributed by atoms with E-state index < -0.39 is 11.4 Å². The molecule has 5 nitrogen and oxygen atoms in total. The molecule has 21 heavy (non-hydrogen) atoms. The van der Waals surface area contributed by atoms with Crippen molar-refractivity contribution < 1.29 is 19.4 Å². The van der Waals surface area contributed by atoms with Crippen LogP contribution in [-0.4, -0.2) is 42.6 Å². The lowest BCUT2D eigenvalue weighted by Gasteiger charge is -2.21. The molecule has 1 aromatic carbocycles. The molecule has 1 fully saturated rings. The lowest BCUT2D eigenvalue weighted by Crippen LogP contribution is -2.39. The Morgan fingerprint density at radius 2 is 1.90 bits per heavy atom. The Balaban J connectivity index is 1.80. The second kappa shape index (κ2) is 6.16. The van der Waals surface area contributed by atoms with Crippen LogP contribution < -0.4 is 4.74 Å². The molecule has 1 aliphatic carbocycles. The molecule has 0 atom stereocenters. The van der Waals surface area contributed by atoms with Crippen LogP contribution >= 0.6 is 0 Å². The molecule has 0 unspecified atom stereocenters. The van der Waals surface area contributed by atoms with Crippen molar-refractivity contribution in [1.29, 1.82) is 0 Å². The third kappa shape index (κ3) is 3.35. The van der Waals surface area contributed by atoms with Crippen molar-refractivity contribution in [3.05, 3.63) is 29.8 Å². The fourth-order valence-electron chi connectivity index (χ4n) is 2.42. The van der Waals surface area contributed by atoms with Gasteiger partial charge in [0.2, 0.25) is 5.91 Å². The minimum absolute atomic E-state index is 0.260. The lowest BCUT2D eigenvalue weighted by atomic mass is 10.1. The third-order valence-corrected chi connectivity index (χ3v) is 4.03. The highest BCUT2D eigenvalue weighted by Gasteiger charge is 2.58. The van der Waals surface area contributed by atoms with Crippen LogP contribution in [0, 0.1) is 5.41 Å². The number of carboxylic acid groups (broad SMARTS) is 1. The summed E-state index contributed by atoms with van der Waals surface area (Å²) in [6.07, 6.45) is 2.58. The van der Waals surface area contributed by atoms with E-state index in [1.54, 1.807) is 19.1 Å². The molecule has 0 spiro atoms. The number of carbonyl (C=O) groups is 2. The Bertz CT molecular complexity index is 520. The van der Waals surface area contributed by atoms with E-state index in [9.17, 15) is 9.59 Å². The number of ether oxygens (including phenoxy) is 1. The van der Waals surface area contributed by atoms with E-state index in [2.05, 4.69) is 0 Å². The second-order valence-electron chi connectivity index (χ2n) is 5.57. The van der Waals surface area contributed by atoms with Gasteiger partial charge in [-0.3, -0.25) is 9.59 Å². The number of amides is 1. The van der Waals surface area contributed by atoms with Crippen molar-refractivity contribution in [2.24, 2.45) is 5.41 Å². The molecule has 1 aromatic rings. The number of aryl methyl sites for hydroxylation is 1. The molecule has 0 bridgehead atoms. The van der Waals surface area contributed by atoms with E-state index in [4.69, 9.17) is 9.84 Å². The van der Waals surface area contributed by atoms with E-state index in [0.717, 1.165) is 18.6 Å². The minimum atomic E-state index is -1.13. The van der Waals surface area contributed by atoms with Crippen LogP contribution in [-0.2, 0) is 16.0 Å². The van der Waals surface area contributed by atoms with Crippen LogP contribution in [0.1, 0.15) is 24.8 Å². The molecular formula is C16H21NO4. The SMILES string of the molecule is COc1ccc(CCCN(C)C(=O)C2(C(=O)O)CC2)cc1. The standard InChI is InChI=1S/C16H21NO4/c1-17(14(18)16(9-10-16)15(19)20)11-3-4-12-5-7-13(21-2)8-6-12/h5-8H,3-4,9-11H2,1-2H3,(H,19,20). The second-order valence-corrected chi connectivity index (χ2v) is 5.57. The zero-order valence-electron chi connectivity index (χ0n) is 12.5. The van der Waals surface area contributed by atoms with Crippen LogP contribution in [0.25, 0.3) is 0 Å². The summed E-state index contributed by atoms with van der Waals surface area (Å²) in [7, 11) is 3.31. The van der Waals surface area contributed by atoms with Crippen molar-refractivity contribution in [3.8, 4) is 5.75 Å². The van der Waals surface area contributed by atoms with Crippen molar-refractivity contribution in [2.45, 2.75) is 25.7 Å². The van der Waals surface area contributed by atoms with Gasteiger partial charge in [0.05, 0.1) is 7.11 Å². The Labute approximate surface area is 124 Å². The smallest absolute Gasteiger partial charge is 0.319 e. The molecule has 2 rings (SSSR count). The average molecular weight is 291 g/mol.